The molecule has 0 saturated carbocycles. The SMILES string of the molecule is Cc1ccc(C2=C(N3CCOCC3)C(=O)N(CCN3CCOCC3)C2=O)c(C)c1. The molecule has 2 amide bonds. The zero-order valence-corrected chi connectivity index (χ0v) is 17.3. The van der Waals surface area contributed by atoms with Crippen molar-refractivity contribution >= 4 is 17.4 Å². The minimum atomic E-state index is -0.184. The number of amides is 2. The standard InChI is InChI=1S/C22H29N3O4/c1-16-3-4-18(17(2)15-16)19-20(24-9-13-29-14-10-24)22(27)25(21(19)26)6-5-23-7-11-28-12-8-23/h3-4,15H,5-14H2,1-2H3. The van der Waals surface area contributed by atoms with E-state index in [-0.39, 0.29) is 11.8 Å². The van der Waals surface area contributed by atoms with Gasteiger partial charge in [0.25, 0.3) is 11.8 Å². The van der Waals surface area contributed by atoms with E-state index in [2.05, 4.69) is 11.0 Å². The molecule has 3 heterocycles. The highest BCUT2D eigenvalue weighted by Gasteiger charge is 2.42. The molecule has 4 rings (SSSR count). The summed E-state index contributed by atoms with van der Waals surface area (Å²) in [6.07, 6.45) is 0. The van der Waals surface area contributed by atoms with Gasteiger partial charge in [-0.1, -0.05) is 23.8 Å². The predicted molar refractivity (Wildman–Crippen MR) is 109 cm³/mol. The summed E-state index contributed by atoms with van der Waals surface area (Å²) in [5.41, 5.74) is 4.08. The van der Waals surface area contributed by atoms with E-state index in [1.165, 1.54) is 4.90 Å². The van der Waals surface area contributed by atoms with Gasteiger partial charge in [0.05, 0.1) is 32.0 Å². The number of morpholine rings is 2. The molecule has 3 aliphatic rings. The average molecular weight is 399 g/mol. The van der Waals surface area contributed by atoms with E-state index in [9.17, 15) is 9.59 Å². The summed E-state index contributed by atoms with van der Waals surface area (Å²) < 4.78 is 10.9. The molecule has 0 radical (unpaired) electrons. The lowest BCUT2D eigenvalue weighted by Crippen LogP contribution is -2.44. The van der Waals surface area contributed by atoms with Crippen LogP contribution < -0.4 is 0 Å². The summed E-state index contributed by atoms with van der Waals surface area (Å²) in [6.45, 7) is 10.6. The normalized spacial score (nSPS) is 21.4. The van der Waals surface area contributed by atoms with E-state index in [0.29, 0.717) is 63.9 Å². The van der Waals surface area contributed by atoms with Gasteiger partial charge in [0.1, 0.15) is 5.70 Å². The summed E-state index contributed by atoms with van der Waals surface area (Å²) in [5, 5.41) is 0. The molecular formula is C22H29N3O4. The molecule has 3 aliphatic heterocycles. The molecular weight excluding hydrogens is 370 g/mol. The van der Waals surface area contributed by atoms with Gasteiger partial charge in [0.2, 0.25) is 0 Å². The first-order valence-electron chi connectivity index (χ1n) is 10.4. The van der Waals surface area contributed by atoms with E-state index >= 15 is 0 Å². The van der Waals surface area contributed by atoms with Crippen molar-refractivity contribution in [3.63, 3.8) is 0 Å². The molecule has 0 aromatic heterocycles. The Bertz CT molecular complexity index is 823. The van der Waals surface area contributed by atoms with Crippen LogP contribution in [0.15, 0.2) is 23.9 Å². The molecule has 0 aliphatic carbocycles. The van der Waals surface area contributed by atoms with E-state index in [4.69, 9.17) is 9.47 Å². The number of nitrogens with zero attached hydrogens (tertiary/aromatic N) is 3. The number of imide groups is 1. The van der Waals surface area contributed by atoms with Crippen molar-refractivity contribution in [2.75, 3.05) is 65.7 Å². The number of rotatable bonds is 5. The molecule has 1 aromatic carbocycles. The largest absolute Gasteiger partial charge is 0.379 e. The van der Waals surface area contributed by atoms with Crippen LogP contribution in [-0.4, -0.2) is 92.2 Å². The molecule has 2 fully saturated rings. The third-order valence-electron chi connectivity index (χ3n) is 5.87. The molecule has 1 aromatic rings. The van der Waals surface area contributed by atoms with E-state index in [1.54, 1.807) is 0 Å². The lowest BCUT2D eigenvalue weighted by Gasteiger charge is -2.30. The minimum Gasteiger partial charge on any atom is -0.379 e. The maximum Gasteiger partial charge on any atom is 0.277 e. The van der Waals surface area contributed by atoms with Crippen molar-refractivity contribution in [3.8, 4) is 0 Å². The second-order valence-corrected chi connectivity index (χ2v) is 7.86. The van der Waals surface area contributed by atoms with Gasteiger partial charge in [0, 0.05) is 39.3 Å². The first-order valence-corrected chi connectivity index (χ1v) is 10.4. The zero-order chi connectivity index (χ0) is 20.4. The van der Waals surface area contributed by atoms with Crippen LogP contribution in [0.5, 0.6) is 0 Å². The highest BCUT2D eigenvalue weighted by Crippen LogP contribution is 2.33. The van der Waals surface area contributed by atoms with Crippen molar-refractivity contribution in [2.45, 2.75) is 13.8 Å². The monoisotopic (exact) mass is 399 g/mol. The summed E-state index contributed by atoms with van der Waals surface area (Å²) in [6, 6.07) is 6.03. The fourth-order valence-corrected chi connectivity index (χ4v) is 4.25. The number of benzene rings is 1. The molecule has 7 nitrogen and oxygen atoms in total. The molecule has 7 heteroatoms. The van der Waals surface area contributed by atoms with E-state index in [1.807, 2.05) is 30.9 Å². The van der Waals surface area contributed by atoms with Gasteiger partial charge >= 0.3 is 0 Å². The van der Waals surface area contributed by atoms with Crippen molar-refractivity contribution in [3.05, 3.63) is 40.6 Å². The quantitative estimate of drug-likeness (QED) is 0.690. The average Bonchev–Trinajstić information content (AvgIpc) is 2.98. The topological polar surface area (TPSA) is 62.3 Å². The lowest BCUT2D eigenvalue weighted by atomic mass is 9.97. The van der Waals surface area contributed by atoms with Gasteiger partial charge < -0.3 is 14.4 Å². The third kappa shape index (κ3) is 4.08. The second kappa shape index (κ2) is 8.65. The molecule has 0 spiro atoms. The Morgan fingerprint density at radius 3 is 2.17 bits per heavy atom. The van der Waals surface area contributed by atoms with Crippen LogP contribution in [0.25, 0.3) is 5.57 Å². The molecule has 29 heavy (non-hydrogen) atoms. The Balaban J connectivity index is 1.64. The summed E-state index contributed by atoms with van der Waals surface area (Å²) in [4.78, 5) is 32.5. The van der Waals surface area contributed by atoms with Gasteiger partial charge in [-0.3, -0.25) is 19.4 Å². The Kier molecular flexibility index (Phi) is 5.99. The highest BCUT2D eigenvalue weighted by molar-refractivity contribution is 6.35. The van der Waals surface area contributed by atoms with Gasteiger partial charge in [-0.15, -0.1) is 0 Å². The fraction of sp³-hybridized carbons (Fsp3) is 0.545. The number of aryl methyl sites for hydroxylation is 2. The van der Waals surface area contributed by atoms with Crippen LogP contribution in [0.4, 0.5) is 0 Å². The van der Waals surface area contributed by atoms with Gasteiger partial charge in [-0.25, -0.2) is 0 Å². The number of hydrogen-bond donors (Lipinski definition) is 0. The van der Waals surface area contributed by atoms with Crippen LogP contribution in [-0.2, 0) is 19.1 Å². The molecule has 2 saturated heterocycles. The first kappa shape index (κ1) is 20.1. The number of ether oxygens (including phenoxy) is 2. The molecule has 0 bridgehead atoms. The van der Waals surface area contributed by atoms with Crippen LogP contribution >= 0.6 is 0 Å². The fourth-order valence-electron chi connectivity index (χ4n) is 4.25. The van der Waals surface area contributed by atoms with Crippen LogP contribution in [0.3, 0.4) is 0 Å². The smallest absolute Gasteiger partial charge is 0.277 e. The summed E-state index contributed by atoms with van der Waals surface area (Å²) in [5.74, 6) is -0.364. The summed E-state index contributed by atoms with van der Waals surface area (Å²) in [7, 11) is 0. The van der Waals surface area contributed by atoms with Crippen LogP contribution in [0.2, 0.25) is 0 Å². The summed E-state index contributed by atoms with van der Waals surface area (Å²) >= 11 is 0. The Hall–Kier alpha value is -2.22. The second-order valence-electron chi connectivity index (χ2n) is 7.86. The highest BCUT2D eigenvalue weighted by atomic mass is 16.5. The van der Waals surface area contributed by atoms with Crippen molar-refractivity contribution in [1.29, 1.82) is 0 Å². The molecule has 0 unspecified atom stereocenters. The Morgan fingerprint density at radius 1 is 0.862 bits per heavy atom. The minimum absolute atomic E-state index is 0.180. The number of carbonyl (C=O) groups is 2. The maximum atomic E-state index is 13.4. The van der Waals surface area contributed by atoms with Gasteiger partial charge in [-0.2, -0.15) is 0 Å². The van der Waals surface area contributed by atoms with E-state index < -0.39 is 0 Å². The molecule has 156 valence electrons. The molecule has 0 atom stereocenters. The van der Waals surface area contributed by atoms with Crippen LogP contribution in [0.1, 0.15) is 16.7 Å². The van der Waals surface area contributed by atoms with Crippen LogP contribution in [0, 0.1) is 13.8 Å². The third-order valence-corrected chi connectivity index (χ3v) is 5.87. The lowest BCUT2D eigenvalue weighted by molar-refractivity contribution is -0.138. The Labute approximate surface area is 171 Å². The molecule has 0 N–H and O–H groups in total. The Morgan fingerprint density at radius 2 is 1.52 bits per heavy atom. The van der Waals surface area contributed by atoms with Crippen molar-refractivity contribution in [2.24, 2.45) is 0 Å². The van der Waals surface area contributed by atoms with Gasteiger partial charge in [0.15, 0.2) is 0 Å². The van der Waals surface area contributed by atoms with Crippen molar-refractivity contribution in [1.82, 2.24) is 14.7 Å². The van der Waals surface area contributed by atoms with Gasteiger partial charge in [-0.05, 0) is 25.0 Å². The van der Waals surface area contributed by atoms with E-state index in [0.717, 1.165) is 29.8 Å². The first-order chi connectivity index (χ1) is 14.1. The zero-order valence-electron chi connectivity index (χ0n) is 17.3. The van der Waals surface area contributed by atoms with Crippen molar-refractivity contribution < 1.29 is 19.1 Å². The maximum absolute atomic E-state index is 13.4. The predicted octanol–water partition coefficient (Wildman–Crippen LogP) is 1.05. The number of carbonyl (C=O) groups excluding carboxylic acids is 2. The number of hydrogen-bond acceptors (Lipinski definition) is 6.